The molecule has 0 bridgehead atoms. The van der Waals surface area contributed by atoms with Crippen LogP contribution in [0.3, 0.4) is 0 Å². The molecule has 4 heteroatoms. The summed E-state index contributed by atoms with van der Waals surface area (Å²) >= 11 is 9.64. The average Bonchev–Trinajstić information content (AvgIpc) is 2.26. The third-order valence-corrected chi connectivity index (χ3v) is 7.54. The van der Waals surface area contributed by atoms with Gasteiger partial charge in [-0.25, -0.2) is 0 Å². The largest absolute Gasteiger partial charge is 0.491 e. The molecule has 0 saturated carbocycles. The highest BCUT2D eigenvalue weighted by Crippen LogP contribution is 2.34. The molecule has 17 heavy (non-hydrogen) atoms. The molecule has 1 aromatic rings. The van der Waals surface area contributed by atoms with Gasteiger partial charge in [-0.05, 0) is 11.1 Å². The second-order valence-corrected chi connectivity index (χ2v) is 10.1. The van der Waals surface area contributed by atoms with Crippen molar-refractivity contribution in [3.05, 3.63) is 28.8 Å². The number of benzene rings is 1. The van der Waals surface area contributed by atoms with Crippen LogP contribution in [0.15, 0.2) is 18.2 Å². The highest BCUT2D eigenvalue weighted by molar-refractivity contribution is 9.08. The van der Waals surface area contributed by atoms with Crippen molar-refractivity contribution < 1.29 is 4.74 Å². The number of halogens is 2. The Hall–Kier alpha value is 0.00688. The van der Waals surface area contributed by atoms with E-state index in [1.165, 1.54) is 0 Å². The first-order valence-corrected chi connectivity index (χ1v) is 10.2. The Bertz CT molecular complexity index is 380. The lowest BCUT2D eigenvalue weighted by Gasteiger charge is -2.28. The summed E-state index contributed by atoms with van der Waals surface area (Å²) in [5.74, 6) is 0.828. The zero-order valence-electron chi connectivity index (χ0n) is 10.9. The van der Waals surface area contributed by atoms with E-state index in [1.807, 2.05) is 18.2 Å². The number of alkyl halides is 1. The van der Waals surface area contributed by atoms with Crippen LogP contribution < -0.4 is 4.74 Å². The molecule has 0 atom stereocenters. The zero-order chi connectivity index (χ0) is 13.1. The molecule has 0 radical (unpaired) electrons. The summed E-state index contributed by atoms with van der Waals surface area (Å²) in [5, 5.41) is 1.74. The zero-order valence-corrected chi connectivity index (χ0v) is 14.4. The molecule has 0 fully saturated rings. The quantitative estimate of drug-likeness (QED) is 0.550. The van der Waals surface area contributed by atoms with Gasteiger partial charge in [0.05, 0.1) is 11.6 Å². The van der Waals surface area contributed by atoms with Crippen LogP contribution in [0.4, 0.5) is 0 Å². The fraction of sp³-hybridized carbons (Fsp3) is 0.538. The third kappa shape index (κ3) is 4.00. The molecule has 0 amide bonds. The van der Waals surface area contributed by atoms with Gasteiger partial charge >= 0.3 is 0 Å². The van der Waals surface area contributed by atoms with Crippen molar-refractivity contribution in [2.45, 2.75) is 37.3 Å². The molecule has 1 aromatic carbocycles. The van der Waals surface area contributed by atoms with Crippen molar-refractivity contribution in [2.24, 2.45) is 0 Å². The minimum atomic E-state index is -0.741. The lowest BCUT2D eigenvalue weighted by Crippen LogP contribution is -2.27. The van der Waals surface area contributed by atoms with Crippen LogP contribution in [0.25, 0.3) is 0 Å². The van der Waals surface area contributed by atoms with E-state index in [0.717, 1.165) is 23.2 Å². The van der Waals surface area contributed by atoms with E-state index in [2.05, 4.69) is 42.9 Å². The Morgan fingerprint density at radius 2 is 2.00 bits per heavy atom. The van der Waals surface area contributed by atoms with Gasteiger partial charge in [0.2, 0.25) is 0 Å². The minimum absolute atomic E-state index is 0.281. The van der Waals surface area contributed by atoms with E-state index < -0.39 is 8.80 Å². The summed E-state index contributed by atoms with van der Waals surface area (Å²) in [5.41, 5.74) is 1.11. The predicted octanol–water partition coefficient (Wildman–Crippen LogP) is 4.88. The van der Waals surface area contributed by atoms with E-state index in [-0.39, 0.29) is 5.04 Å². The van der Waals surface area contributed by atoms with Gasteiger partial charge in [-0.2, -0.15) is 0 Å². The van der Waals surface area contributed by atoms with Crippen LogP contribution in [0.5, 0.6) is 5.75 Å². The van der Waals surface area contributed by atoms with Crippen LogP contribution >= 0.6 is 27.5 Å². The van der Waals surface area contributed by atoms with Gasteiger partial charge in [0.15, 0.2) is 0 Å². The summed E-state index contributed by atoms with van der Waals surface area (Å²) in [6.07, 6.45) is 0. The maximum absolute atomic E-state index is 6.18. The van der Waals surface area contributed by atoms with Gasteiger partial charge in [-0.1, -0.05) is 66.6 Å². The van der Waals surface area contributed by atoms with Crippen LogP contribution in [0.1, 0.15) is 19.4 Å². The molecule has 0 aliphatic heterocycles. The Morgan fingerprint density at radius 1 is 1.35 bits per heavy atom. The lowest BCUT2D eigenvalue weighted by molar-refractivity contribution is 0.275. The second-order valence-electron chi connectivity index (χ2n) is 5.29. The van der Waals surface area contributed by atoms with Crippen LogP contribution in [-0.2, 0) is 5.33 Å². The van der Waals surface area contributed by atoms with E-state index in [4.69, 9.17) is 16.3 Å². The number of rotatable bonds is 5. The highest BCUT2D eigenvalue weighted by Gasteiger charge is 2.25. The van der Waals surface area contributed by atoms with Crippen molar-refractivity contribution in [3.63, 3.8) is 0 Å². The fourth-order valence-electron chi connectivity index (χ4n) is 1.25. The average molecular weight is 336 g/mol. The Labute approximate surface area is 119 Å². The van der Waals surface area contributed by atoms with Crippen molar-refractivity contribution in [3.8, 4) is 5.75 Å². The molecule has 0 saturated heterocycles. The van der Waals surface area contributed by atoms with Crippen LogP contribution in [0.2, 0.25) is 23.2 Å². The molecule has 1 rings (SSSR count). The highest BCUT2D eigenvalue weighted by atomic mass is 79.9. The van der Waals surface area contributed by atoms with Crippen LogP contribution in [0, 0.1) is 0 Å². The van der Waals surface area contributed by atoms with Crippen molar-refractivity contribution >= 4 is 36.3 Å². The smallest absolute Gasteiger partial charge is 0.141 e. The summed E-state index contributed by atoms with van der Waals surface area (Å²) in [6.45, 7) is 9.98. The van der Waals surface area contributed by atoms with Crippen molar-refractivity contribution in [1.82, 2.24) is 0 Å². The Balaban J connectivity index is 2.82. The van der Waals surface area contributed by atoms with Gasteiger partial charge in [0.25, 0.3) is 0 Å². The second kappa shape index (κ2) is 6.25. The van der Waals surface area contributed by atoms with Crippen molar-refractivity contribution in [2.75, 3.05) is 6.61 Å². The maximum Gasteiger partial charge on any atom is 0.141 e. The molecule has 96 valence electrons. The normalized spacial score (nSPS) is 11.9. The first-order chi connectivity index (χ1) is 7.88. The van der Waals surface area contributed by atoms with Crippen LogP contribution in [-0.4, -0.2) is 15.4 Å². The van der Waals surface area contributed by atoms with Gasteiger partial charge < -0.3 is 4.74 Å². The third-order valence-electron chi connectivity index (χ3n) is 3.34. The van der Waals surface area contributed by atoms with E-state index in [9.17, 15) is 0 Å². The molecule has 0 spiro atoms. The monoisotopic (exact) mass is 334 g/mol. The summed E-state index contributed by atoms with van der Waals surface area (Å²) in [4.78, 5) is 0. The molecular formula is C13H20BrClOSi. The molecule has 0 N–H and O–H groups in total. The molecule has 0 heterocycles. The molecule has 0 unspecified atom stereocenters. The van der Waals surface area contributed by atoms with Gasteiger partial charge in [-0.3, -0.25) is 0 Å². The van der Waals surface area contributed by atoms with Gasteiger partial charge in [0.1, 0.15) is 5.75 Å². The summed E-state index contributed by atoms with van der Waals surface area (Å²) < 4.78 is 5.96. The van der Waals surface area contributed by atoms with E-state index in [0.29, 0.717) is 5.02 Å². The Kier molecular flexibility index (Phi) is 5.54. The predicted molar refractivity (Wildman–Crippen MR) is 82.5 cm³/mol. The minimum Gasteiger partial charge on any atom is -0.491 e. The van der Waals surface area contributed by atoms with Gasteiger partial charge in [0, 0.05) is 19.7 Å². The van der Waals surface area contributed by atoms with E-state index >= 15 is 0 Å². The van der Waals surface area contributed by atoms with Crippen molar-refractivity contribution in [1.29, 1.82) is 0 Å². The standard InChI is InChI=1S/C13H20BrClOSi/c1-13(2,17(3)4)9-16-12-10(8-14)6-5-7-11(12)15/h5-7,17H,8-9H2,1-4H3. The molecule has 0 aromatic heterocycles. The van der Waals surface area contributed by atoms with Gasteiger partial charge in [-0.15, -0.1) is 0 Å². The number of hydrogen-bond donors (Lipinski definition) is 0. The maximum atomic E-state index is 6.18. The number of para-hydroxylation sites is 1. The summed E-state index contributed by atoms with van der Waals surface area (Å²) in [6, 6.07) is 5.87. The first kappa shape index (κ1) is 15.1. The fourth-order valence-corrected chi connectivity index (χ4v) is 2.35. The van der Waals surface area contributed by atoms with E-state index in [1.54, 1.807) is 0 Å². The summed E-state index contributed by atoms with van der Waals surface area (Å²) in [7, 11) is -0.741. The molecular weight excluding hydrogens is 316 g/mol. The lowest BCUT2D eigenvalue weighted by atomic mass is 10.2. The number of hydrogen-bond acceptors (Lipinski definition) is 1. The molecule has 0 aliphatic rings. The molecule has 1 nitrogen and oxygen atoms in total. The first-order valence-electron chi connectivity index (χ1n) is 5.84. The molecule has 0 aliphatic carbocycles. The SMILES string of the molecule is C[SiH](C)C(C)(C)COc1c(Cl)cccc1CBr. The Morgan fingerprint density at radius 3 is 2.53 bits per heavy atom. The number of ether oxygens (including phenoxy) is 1. The topological polar surface area (TPSA) is 9.23 Å².